The predicted octanol–water partition coefficient (Wildman–Crippen LogP) is 4.89. The molecule has 0 fully saturated rings. The highest BCUT2D eigenvalue weighted by atomic mass is 79.9. The van der Waals surface area contributed by atoms with Crippen LogP contribution in [0.1, 0.15) is 26.5 Å². The molecule has 0 saturated heterocycles. The zero-order valence-electron chi connectivity index (χ0n) is 11.7. The van der Waals surface area contributed by atoms with Crippen LogP contribution in [0, 0.1) is 5.92 Å². The quantitative estimate of drug-likeness (QED) is 0.773. The summed E-state index contributed by atoms with van der Waals surface area (Å²) in [6, 6.07) is 1.84. The normalized spacial score (nSPS) is 11.1. The van der Waals surface area contributed by atoms with Gasteiger partial charge in [0, 0.05) is 6.54 Å². The minimum absolute atomic E-state index is 0.517. The zero-order chi connectivity index (χ0) is 14.7. The molecule has 0 aliphatic heterocycles. The standard InChI is InChI=1S/C14H17Br2N3O/c1-4-17-13-11(16)10(7-8(2)3)18-14(19-13)12-9(15)5-6-20-12/h5-6,8H,4,7H2,1-3H3,(H,17,18,19). The van der Waals surface area contributed by atoms with Crippen molar-refractivity contribution in [3.05, 3.63) is 27.0 Å². The molecule has 0 radical (unpaired) electrons. The lowest BCUT2D eigenvalue weighted by molar-refractivity contribution is 0.573. The van der Waals surface area contributed by atoms with Gasteiger partial charge in [0.15, 0.2) is 11.6 Å². The molecule has 2 aromatic heterocycles. The highest BCUT2D eigenvalue weighted by molar-refractivity contribution is 9.11. The zero-order valence-corrected chi connectivity index (χ0v) is 14.9. The molecule has 0 amide bonds. The van der Waals surface area contributed by atoms with Crippen LogP contribution >= 0.6 is 31.9 Å². The van der Waals surface area contributed by atoms with Crippen molar-refractivity contribution < 1.29 is 4.42 Å². The van der Waals surface area contributed by atoms with Crippen LogP contribution in [0.2, 0.25) is 0 Å². The summed E-state index contributed by atoms with van der Waals surface area (Å²) in [6.07, 6.45) is 2.51. The number of rotatable bonds is 5. The molecule has 0 aliphatic rings. The Morgan fingerprint density at radius 1 is 1.30 bits per heavy atom. The van der Waals surface area contributed by atoms with Crippen molar-refractivity contribution in [3.63, 3.8) is 0 Å². The largest absolute Gasteiger partial charge is 0.460 e. The third-order valence-corrected chi connectivity index (χ3v) is 4.14. The Morgan fingerprint density at radius 2 is 2.05 bits per heavy atom. The number of hydrogen-bond acceptors (Lipinski definition) is 4. The Kier molecular flexibility index (Phi) is 5.21. The van der Waals surface area contributed by atoms with Gasteiger partial charge in [-0.2, -0.15) is 0 Å². The molecule has 0 atom stereocenters. The Hall–Kier alpha value is -0.880. The molecule has 0 unspecified atom stereocenters. The van der Waals surface area contributed by atoms with E-state index in [4.69, 9.17) is 4.42 Å². The fourth-order valence-corrected chi connectivity index (χ4v) is 2.71. The highest BCUT2D eigenvalue weighted by Gasteiger charge is 2.17. The van der Waals surface area contributed by atoms with E-state index < -0.39 is 0 Å². The number of aromatic nitrogens is 2. The molecule has 20 heavy (non-hydrogen) atoms. The first-order chi connectivity index (χ1) is 9.52. The number of hydrogen-bond donors (Lipinski definition) is 1. The van der Waals surface area contributed by atoms with Crippen molar-refractivity contribution in [2.75, 3.05) is 11.9 Å². The van der Waals surface area contributed by atoms with Crippen molar-refractivity contribution in [1.82, 2.24) is 9.97 Å². The number of nitrogens with zero attached hydrogens (tertiary/aromatic N) is 2. The van der Waals surface area contributed by atoms with E-state index in [1.165, 1.54) is 0 Å². The van der Waals surface area contributed by atoms with Crippen molar-refractivity contribution in [1.29, 1.82) is 0 Å². The van der Waals surface area contributed by atoms with Gasteiger partial charge in [-0.25, -0.2) is 9.97 Å². The van der Waals surface area contributed by atoms with Gasteiger partial charge in [0.1, 0.15) is 5.82 Å². The first kappa shape index (κ1) is 15.5. The molecule has 0 aliphatic carbocycles. The van der Waals surface area contributed by atoms with Crippen LogP contribution in [0.3, 0.4) is 0 Å². The summed E-state index contributed by atoms with van der Waals surface area (Å²) in [7, 11) is 0. The number of halogens is 2. The van der Waals surface area contributed by atoms with Gasteiger partial charge in [-0.1, -0.05) is 13.8 Å². The molecular weight excluding hydrogens is 386 g/mol. The second-order valence-electron chi connectivity index (χ2n) is 4.88. The van der Waals surface area contributed by atoms with Crippen LogP contribution < -0.4 is 5.32 Å². The van der Waals surface area contributed by atoms with Gasteiger partial charge in [0.05, 0.1) is 20.9 Å². The summed E-state index contributed by atoms with van der Waals surface area (Å²) in [4.78, 5) is 9.18. The maximum absolute atomic E-state index is 5.47. The smallest absolute Gasteiger partial charge is 0.199 e. The SMILES string of the molecule is CCNc1nc(-c2occc2Br)nc(CC(C)C)c1Br. The van der Waals surface area contributed by atoms with Crippen molar-refractivity contribution in [3.8, 4) is 11.6 Å². The molecular formula is C14H17Br2N3O. The molecule has 4 nitrogen and oxygen atoms in total. The third kappa shape index (κ3) is 3.41. The summed E-state index contributed by atoms with van der Waals surface area (Å²) in [6.45, 7) is 7.18. The maximum Gasteiger partial charge on any atom is 0.199 e. The summed E-state index contributed by atoms with van der Waals surface area (Å²) >= 11 is 7.05. The van der Waals surface area contributed by atoms with Gasteiger partial charge in [0.2, 0.25) is 0 Å². The summed E-state index contributed by atoms with van der Waals surface area (Å²) in [5, 5.41) is 3.26. The topological polar surface area (TPSA) is 51.0 Å². The van der Waals surface area contributed by atoms with E-state index in [0.29, 0.717) is 17.5 Å². The number of nitrogens with one attached hydrogen (secondary N) is 1. The van der Waals surface area contributed by atoms with Gasteiger partial charge >= 0.3 is 0 Å². The Bertz CT molecular complexity index is 596. The highest BCUT2D eigenvalue weighted by Crippen LogP contribution is 2.32. The molecule has 0 saturated carbocycles. The minimum atomic E-state index is 0.517. The average Bonchev–Trinajstić information content (AvgIpc) is 2.80. The summed E-state index contributed by atoms with van der Waals surface area (Å²) in [5.41, 5.74) is 0.990. The van der Waals surface area contributed by atoms with E-state index in [1.54, 1.807) is 6.26 Å². The van der Waals surface area contributed by atoms with Gasteiger partial charge in [-0.05, 0) is 57.2 Å². The minimum Gasteiger partial charge on any atom is -0.460 e. The second-order valence-corrected chi connectivity index (χ2v) is 6.53. The van der Waals surface area contributed by atoms with Gasteiger partial charge < -0.3 is 9.73 Å². The van der Waals surface area contributed by atoms with Crippen LogP contribution in [0.25, 0.3) is 11.6 Å². The van der Waals surface area contributed by atoms with Gasteiger partial charge in [-0.15, -0.1) is 0 Å². The van der Waals surface area contributed by atoms with Gasteiger partial charge in [-0.3, -0.25) is 0 Å². The summed E-state index contributed by atoms with van der Waals surface area (Å²) in [5.74, 6) is 2.57. The number of furan rings is 1. The fourth-order valence-electron chi connectivity index (χ4n) is 1.85. The molecule has 2 heterocycles. The van der Waals surface area contributed by atoms with E-state index >= 15 is 0 Å². The fraction of sp³-hybridized carbons (Fsp3) is 0.429. The Labute approximate surface area is 135 Å². The molecule has 6 heteroatoms. The summed E-state index contributed by atoms with van der Waals surface area (Å²) < 4.78 is 7.26. The van der Waals surface area contributed by atoms with Gasteiger partial charge in [0.25, 0.3) is 0 Å². The van der Waals surface area contributed by atoms with E-state index in [2.05, 4.69) is 61.0 Å². The van der Waals surface area contributed by atoms with Crippen LogP contribution in [-0.4, -0.2) is 16.5 Å². The van der Waals surface area contributed by atoms with Crippen molar-refractivity contribution >= 4 is 37.7 Å². The van der Waals surface area contributed by atoms with E-state index in [1.807, 2.05) is 13.0 Å². The molecule has 0 bridgehead atoms. The van der Waals surface area contributed by atoms with E-state index in [-0.39, 0.29) is 0 Å². The molecule has 1 N–H and O–H groups in total. The monoisotopic (exact) mass is 401 g/mol. The van der Waals surface area contributed by atoms with Crippen LogP contribution in [0.4, 0.5) is 5.82 Å². The van der Waals surface area contributed by atoms with E-state index in [9.17, 15) is 0 Å². The van der Waals surface area contributed by atoms with Crippen LogP contribution in [0.5, 0.6) is 0 Å². The van der Waals surface area contributed by atoms with E-state index in [0.717, 1.165) is 33.4 Å². The lowest BCUT2D eigenvalue weighted by Crippen LogP contribution is -2.08. The Balaban J connectivity index is 2.52. The second kappa shape index (κ2) is 6.72. The lowest BCUT2D eigenvalue weighted by Gasteiger charge is -2.13. The average molecular weight is 403 g/mol. The molecule has 108 valence electrons. The Morgan fingerprint density at radius 3 is 2.60 bits per heavy atom. The maximum atomic E-state index is 5.47. The molecule has 0 aromatic carbocycles. The van der Waals surface area contributed by atoms with Crippen LogP contribution in [-0.2, 0) is 6.42 Å². The molecule has 0 spiro atoms. The van der Waals surface area contributed by atoms with Crippen LogP contribution in [0.15, 0.2) is 25.7 Å². The predicted molar refractivity (Wildman–Crippen MR) is 87.8 cm³/mol. The van der Waals surface area contributed by atoms with Crippen molar-refractivity contribution in [2.24, 2.45) is 5.92 Å². The third-order valence-electron chi connectivity index (χ3n) is 2.69. The molecule has 2 rings (SSSR count). The number of anilines is 1. The first-order valence-electron chi connectivity index (χ1n) is 6.56. The van der Waals surface area contributed by atoms with Crippen molar-refractivity contribution in [2.45, 2.75) is 27.2 Å². The lowest BCUT2D eigenvalue weighted by atomic mass is 10.1. The molecule has 2 aromatic rings. The first-order valence-corrected chi connectivity index (χ1v) is 8.15.